The highest BCUT2D eigenvalue weighted by Gasteiger charge is 2.39. The van der Waals surface area contributed by atoms with E-state index in [2.05, 4.69) is 26.1 Å². The summed E-state index contributed by atoms with van der Waals surface area (Å²) in [7, 11) is 0. The molecule has 1 aromatic carbocycles. The molecule has 1 heterocycles. The number of rotatable bonds is 0. The van der Waals surface area contributed by atoms with Crippen LogP contribution in [-0.4, -0.2) is 11.7 Å². The van der Waals surface area contributed by atoms with Crippen molar-refractivity contribution in [2.24, 2.45) is 0 Å². The molecule has 3 nitrogen and oxygen atoms in total. The second-order valence-electron chi connectivity index (χ2n) is 5.65. The van der Waals surface area contributed by atoms with Crippen molar-refractivity contribution in [2.75, 3.05) is 5.32 Å². The fourth-order valence-electron chi connectivity index (χ4n) is 3.66. The van der Waals surface area contributed by atoms with Gasteiger partial charge in [0.15, 0.2) is 0 Å². The van der Waals surface area contributed by atoms with Crippen molar-refractivity contribution in [1.29, 1.82) is 0 Å². The highest BCUT2D eigenvalue weighted by molar-refractivity contribution is 6.52. The molecule has 1 amide bonds. The van der Waals surface area contributed by atoms with Gasteiger partial charge in [-0.2, -0.15) is 0 Å². The van der Waals surface area contributed by atoms with E-state index in [1.807, 2.05) is 6.92 Å². The number of Topliss-reactive ketones (excluding diaryl/α,β-unsaturated/α-hetero) is 1. The number of ketones is 1. The van der Waals surface area contributed by atoms with Crippen molar-refractivity contribution < 1.29 is 9.59 Å². The van der Waals surface area contributed by atoms with Gasteiger partial charge in [0.1, 0.15) is 0 Å². The van der Waals surface area contributed by atoms with Gasteiger partial charge in [-0.25, -0.2) is 0 Å². The van der Waals surface area contributed by atoms with Crippen LogP contribution in [0.2, 0.25) is 0 Å². The van der Waals surface area contributed by atoms with E-state index in [4.69, 9.17) is 0 Å². The lowest BCUT2D eigenvalue weighted by atomic mass is 9.88. The minimum atomic E-state index is -0.479. The van der Waals surface area contributed by atoms with Crippen LogP contribution >= 0.6 is 0 Å². The molecular weight excluding hydrogens is 226 g/mol. The number of hydrogen-bond acceptors (Lipinski definition) is 2. The average Bonchev–Trinajstić information content (AvgIpc) is 2.75. The van der Waals surface area contributed by atoms with E-state index in [0.29, 0.717) is 17.4 Å². The summed E-state index contributed by atoms with van der Waals surface area (Å²) in [5.74, 6) is 0.0636. The third-order valence-corrected chi connectivity index (χ3v) is 4.52. The van der Waals surface area contributed by atoms with E-state index >= 15 is 0 Å². The quantitative estimate of drug-likeness (QED) is 0.712. The van der Waals surface area contributed by atoms with Gasteiger partial charge in [-0.15, -0.1) is 0 Å². The number of carbonyl (C=O) groups excluding carboxylic acids is 2. The first kappa shape index (κ1) is 11.5. The number of fused-ring (bicyclic) bond motifs is 3. The van der Waals surface area contributed by atoms with E-state index in [0.717, 1.165) is 17.7 Å². The van der Waals surface area contributed by atoms with Crippen molar-refractivity contribution in [3.8, 4) is 0 Å². The van der Waals surface area contributed by atoms with Crippen LogP contribution in [0.5, 0.6) is 0 Å². The lowest BCUT2D eigenvalue weighted by Crippen LogP contribution is -2.13. The Morgan fingerprint density at radius 2 is 1.61 bits per heavy atom. The standard InChI is InChI=1S/C15H17NO2/c1-6-5-7(2)11-10(6)8(3)9(4)12-13(11)16-15(18)14(12)17/h6-7H,5H2,1-4H3,(H,16,17,18). The maximum atomic E-state index is 11.9. The Kier molecular flexibility index (Phi) is 2.19. The fourth-order valence-corrected chi connectivity index (χ4v) is 3.66. The van der Waals surface area contributed by atoms with Crippen molar-refractivity contribution in [1.82, 2.24) is 0 Å². The van der Waals surface area contributed by atoms with Crippen molar-refractivity contribution in [2.45, 2.75) is 46.0 Å². The summed E-state index contributed by atoms with van der Waals surface area (Å²) in [4.78, 5) is 23.6. The van der Waals surface area contributed by atoms with E-state index in [9.17, 15) is 9.59 Å². The molecule has 0 spiro atoms. The highest BCUT2D eigenvalue weighted by atomic mass is 16.2. The third kappa shape index (κ3) is 1.19. The zero-order valence-corrected chi connectivity index (χ0v) is 11.2. The SMILES string of the molecule is Cc1c(C)c2c(c3c1C(=O)C(=O)N3)C(C)CC2C. The molecule has 1 aromatic rings. The van der Waals surface area contributed by atoms with Crippen LogP contribution in [-0.2, 0) is 4.79 Å². The first-order chi connectivity index (χ1) is 8.43. The molecule has 0 radical (unpaired) electrons. The minimum Gasteiger partial charge on any atom is -0.318 e. The Hall–Kier alpha value is -1.64. The van der Waals surface area contributed by atoms with Gasteiger partial charge < -0.3 is 5.32 Å². The van der Waals surface area contributed by atoms with Gasteiger partial charge >= 0.3 is 0 Å². The van der Waals surface area contributed by atoms with E-state index in [1.165, 1.54) is 16.7 Å². The molecule has 2 atom stereocenters. The topological polar surface area (TPSA) is 46.2 Å². The van der Waals surface area contributed by atoms with Crippen molar-refractivity contribution in [3.63, 3.8) is 0 Å². The van der Waals surface area contributed by atoms with Crippen LogP contribution in [0.4, 0.5) is 5.69 Å². The lowest BCUT2D eigenvalue weighted by Gasteiger charge is -2.17. The van der Waals surface area contributed by atoms with Crippen LogP contribution in [0.15, 0.2) is 0 Å². The molecule has 18 heavy (non-hydrogen) atoms. The molecule has 2 unspecified atom stereocenters. The van der Waals surface area contributed by atoms with Gasteiger partial charge in [0, 0.05) is 0 Å². The molecule has 94 valence electrons. The number of benzene rings is 1. The Labute approximate surface area is 107 Å². The molecule has 0 saturated heterocycles. The monoisotopic (exact) mass is 243 g/mol. The summed E-state index contributed by atoms with van der Waals surface area (Å²) in [6.07, 6.45) is 1.09. The smallest absolute Gasteiger partial charge is 0.296 e. The van der Waals surface area contributed by atoms with Crippen molar-refractivity contribution in [3.05, 3.63) is 27.8 Å². The number of carbonyl (C=O) groups is 2. The molecule has 1 N–H and O–H groups in total. The molecule has 0 fully saturated rings. The summed E-state index contributed by atoms with van der Waals surface area (Å²) < 4.78 is 0. The number of anilines is 1. The normalized spacial score (nSPS) is 25.1. The Morgan fingerprint density at radius 3 is 2.28 bits per heavy atom. The minimum absolute atomic E-state index is 0.375. The molecule has 3 heteroatoms. The van der Waals surface area contributed by atoms with E-state index in [1.54, 1.807) is 0 Å². The van der Waals surface area contributed by atoms with Crippen LogP contribution in [0.25, 0.3) is 0 Å². The van der Waals surface area contributed by atoms with Gasteiger partial charge in [0.2, 0.25) is 0 Å². The molecule has 1 aliphatic heterocycles. The Bertz CT molecular complexity index is 601. The number of hydrogen-bond donors (Lipinski definition) is 1. The van der Waals surface area contributed by atoms with Gasteiger partial charge in [0.25, 0.3) is 11.7 Å². The van der Waals surface area contributed by atoms with E-state index < -0.39 is 5.91 Å². The molecule has 0 saturated carbocycles. The summed E-state index contributed by atoms with van der Waals surface area (Å²) in [6, 6.07) is 0. The zero-order chi connectivity index (χ0) is 13.2. The maximum absolute atomic E-state index is 11.9. The van der Waals surface area contributed by atoms with E-state index in [-0.39, 0.29) is 5.78 Å². The fraction of sp³-hybridized carbons (Fsp3) is 0.467. The second-order valence-corrected chi connectivity index (χ2v) is 5.65. The predicted octanol–water partition coefficient (Wildman–Crippen LogP) is 3.05. The summed E-state index contributed by atoms with van der Waals surface area (Å²) in [5, 5.41) is 2.78. The lowest BCUT2D eigenvalue weighted by molar-refractivity contribution is -0.112. The maximum Gasteiger partial charge on any atom is 0.296 e. The van der Waals surface area contributed by atoms with Crippen molar-refractivity contribution >= 4 is 17.4 Å². The number of nitrogens with one attached hydrogen (secondary N) is 1. The first-order valence-electron chi connectivity index (χ1n) is 6.46. The molecular formula is C15H17NO2. The van der Waals surface area contributed by atoms with Gasteiger partial charge in [-0.05, 0) is 54.4 Å². The third-order valence-electron chi connectivity index (χ3n) is 4.52. The molecule has 0 bridgehead atoms. The second kappa shape index (κ2) is 3.44. The van der Waals surface area contributed by atoms with Gasteiger partial charge in [0.05, 0.1) is 11.3 Å². The van der Waals surface area contributed by atoms with Crippen LogP contribution in [0.3, 0.4) is 0 Å². The first-order valence-corrected chi connectivity index (χ1v) is 6.46. The highest BCUT2D eigenvalue weighted by Crippen LogP contribution is 2.50. The summed E-state index contributed by atoms with van der Waals surface area (Å²) in [5.41, 5.74) is 6.09. The van der Waals surface area contributed by atoms with Gasteiger partial charge in [-0.3, -0.25) is 9.59 Å². The van der Waals surface area contributed by atoms with Crippen LogP contribution < -0.4 is 5.32 Å². The summed E-state index contributed by atoms with van der Waals surface area (Å²) in [6.45, 7) is 8.41. The molecule has 1 aliphatic carbocycles. The summed E-state index contributed by atoms with van der Waals surface area (Å²) >= 11 is 0. The Balaban J connectivity index is 2.40. The van der Waals surface area contributed by atoms with Gasteiger partial charge in [-0.1, -0.05) is 13.8 Å². The van der Waals surface area contributed by atoms with Crippen LogP contribution in [0, 0.1) is 13.8 Å². The molecule has 0 aromatic heterocycles. The average molecular weight is 243 g/mol. The number of amides is 1. The predicted molar refractivity (Wildman–Crippen MR) is 70.3 cm³/mol. The zero-order valence-electron chi connectivity index (χ0n) is 11.2. The largest absolute Gasteiger partial charge is 0.318 e. The Morgan fingerprint density at radius 1 is 1.00 bits per heavy atom. The molecule has 3 rings (SSSR count). The van der Waals surface area contributed by atoms with Crippen LogP contribution in [0.1, 0.15) is 64.7 Å². The molecule has 2 aliphatic rings.